The molecule has 0 radical (unpaired) electrons. The number of carboxylic acid groups (broad SMARTS) is 1. The molecule has 0 unspecified atom stereocenters. The van der Waals surface area contributed by atoms with E-state index in [-0.39, 0.29) is 0 Å². The van der Waals surface area contributed by atoms with Crippen LogP contribution in [0.1, 0.15) is 46.6 Å². The molecule has 1 aliphatic heterocycles. The van der Waals surface area contributed by atoms with Crippen LogP contribution in [0, 0.1) is 0 Å². The Kier molecular flexibility index (Phi) is 12.0. The number of benzene rings is 1. The van der Waals surface area contributed by atoms with Crippen molar-refractivity contribution in [2.24, 2.45) is 0 Å². The number of amides is 1. The second-order valence-corrected chi connectivity index (χ2v) is 10.4. The molecule has 1 atom stereocenters. The van der Waals surface area contributed by atoms with E-state index >= 15 is 0 Å². The number of carboxylic acids is 1. The zero-order valence-electron chi connectivity index (χ0n) is 19.3. The van der Waals surface area contributed by atoms with Crippen LogP contribution in [0.3, 0.4) is 0 Å². The van der Waals surface area contributed by atoms with E-state index in [0.717, 1.165) is 45.0 Å². The van der Waals surface area contributed by atoms with Gasteiger partial charge in [-0.05, 0) is 58.8 Å². The third kappa shape index (κ3) is 12.6. The monoisotopic (exact) mass is 455 g/mol. The minimum absolute atomic E-state index is 0.653. The molecule has 1 aliphatic rings. The number of rotatable bonds is 8. The Bertz CT molecular complexity index is 644. The molecule has 0 aromatic heterocycles. The standard InChI is InChI=1S/C19H29NO4S.C4H8O2/c1-18(2,3)24-17(23)20-15(16(21)22)19(4,5)25-13-9-12-14-10-7-6-8-11-14;1-2-6-4-3-5-1/h6-8,10-11,15H,9,12-13H2,1-5H3,(H,20,23)(H,21,22);1-4H2/t15-;/m1./s1. The van der Waals surface area contributed by atoms with Gasteiger partial charge in [0.25, 0.3) is 0 Å². The molecule has 2 rings (SSSR count). The van der Waals surface area contributed by atoms with Crippen molar-refractivity contribution in [3.63, 3.8) is 0 Å². The first-order valence-corrected chi connectivity index (χ1v) is 11.6. The average Bonchev–Trinajstić information content (AvgIpc) is 2.70. The summed E-state index contributed by atoms with van der Waals surface area (Å²) in [5, 5.41) is 12.0. The summed E-state index contributed by atoms with van der Waals surface area (Å²) < 4.78 is 14.4. The predicted octanol–water partition coefficient (Wildman–Crippen LogP) is 4.14. The van der Waals surface area contributed by atoms with Crippen molar-refractivity contribution in [3.05, 3.63) is 35.9 Å². The Morgan fingerprint density at radius 1 is 1.06 bits per heavy atom. The lowest BCUT2D eigenvalue weighted by Crippen LogP contribution is -2.53. The van der Waals surface area contributed by atoms with Gasteiger partial charge in [-0.2, -0.15) is 11.8 Å². The van der Waals surface area contributed by atoms with Crippen LogP contribution in [-0.4, -0.2) is 65.7 Å². The second kappa shape index (κ2) is 13.6. The van der Waals surface area contributed by atoms with Crippen LogP contribution in [0.15, 0.2) is 30.3 Å². The lowest BCUT2D eigenvalue weighted by molar-refractivity contribution is -0.140. The number of thioether (sulfide) groups is 1. The summed E-state index contributed by atoms with van der Waals surface area (Å²) in [5.74, 6) is -0.256. The van der Waals surface area contributed by atoms with Crippen molar-refractivity contribution in [2.75, 3.05) is 32.2 Å². The van der Waals surface area contributed by atoms with Crippen LogP contribution in [0.2, 0.25) is 0 Å². The van der Waals surface area contributed by atoms with Crippen LogP contribution in [0.5, 0.6) is 0 Å². The van der Waals surface area contributed by atoms with Crippen molar-refractivity contribution in [1.82, 2.24) is 5.32 Å². The second-order valence-electron chi connectivity index (χ2n) is 8.68. The van der Waals surface area contributed by atoms with E-state index in [1.54, 1.807) is 32.5 Å². The van der Waals surface area contributed by atoms with Gasteiger partial charge in [0.1, 0.15) is 11.6 Å². The first-order valence-electron chi connectivity index (χ1n) is 10.6. The van der Waals surface area contributed by atoms with Crippen molar-refractivity contribution in [1.29, 1.82) is 0 Å². The van der Waals surface area contributed by atoms with Gasteiger partial charge in [-0.15, -0.1) is 0 Å². The fraction of sp³-hybridized carbons (Fsp3) is 0.652. The Morgan fingerprint density at radius 3 is 2.06 bits per heavy atom. The molecule has 1 aromatic rings. The summed E-state index contributed by atoms with van der Waals surface area (Å²) in [6, 6.07) is 9.15. The minimum Gasteiger partial charge on any atom is -0.480 e. The topological polar surface area (TPSA) is 94.1 Å². The van der Waals surface area contributed by atoms with Crippen LogP contribution in [0.25, 0.3) is 0 Å². The van der Waals surface area contributed by atoms with Gasteiger partial charge < -0.3 is 24.6 Å². The SMILES string of the molecule is C1COCCO1.CC(C)(C)OC(=O)N[C@H](C(=O)O)C(C)(C)SCCCc1ccccc1. The Morgan fingerprint density at radius 2 is 1.61 bits per heavy atom. The van der Waals surface area contributed by atoms with Crippen LogP contribution < -0.4 is 5.32 Å². The number of aryl methyl sites for hydroxylation is 1. The molecular formula is C23H37NO6S. The fourth-order valence-corrected chi connectivity index (χ4v) is 3.88. The highest BCUT2D eigenvalue weighted by Crippen LogP contribution is 2.30. The third-order valence-electron chi connectivity index (χ3n) is 4.27. The van der Waals surface area contributed by atoms with E-state index in [2.05, 4.69) is 17.4 Å². The smallest absolute Gasteiger partial charge is 0.408 e. The maximum absolute atomic E-state index is 11.9. The zero-order chi connectivity index (χ0) is 23.3. The summed E-state index contributed by atoms with van der Waals surface area (Å²) in [5.41, 5.74) is 0.600. The highest BCUT2D eigenvalue weighted by Gasteiger charge is 2.37. The van der Waals surface area contributed by atoms with Gasteiger partial charge in [0.15, 0.2) is 0 Å². The van der Waals surface area contributed by atoms with E-state index in [1.165, 1.54) is 5.56 Å². The first-order chi connectivity index (χ1) is 14.5. The maximum atomic E-state index is 11.9. The Hall–Kier alpha value is -1.77. The number of carbonyl (C=O) groups excluding carboxylic acids is 1. The molecule has 0 spiro atoms. The highest BCUT2D eigenvalue weighted by molar-refractivity contribution is 8.00. The molecule has 8 heteroatoms. The minimum atomic E-state index is -1.06. The Balaban J connectivity index is 0.000000683. The van der Waals surface area contributed by atoms with Crippen LogP contribution in [0.4, 0.5) is 4.79 Å². The molecule has 0 aliphatic carbocycles. The first kappa shape index (κ1) is 27.3. The van der Waals surface area contributed by atoms with Crippen molar-refractivity contribution in [3.8, 4) is 0 Å². The van der Waals surface area contributed by atoms with Crippen molar-refractivity contribution in [2.45, 2.75) is 63.9 Å². The third-order valence-corrected chi connectivity index (χ3v) is 5.75. The summed E-state index contributed by atoms with van der Waals surface area (Å²) in [6.45, 7) is 12.0. The summed E-state index contributed by atoms with van der Waals surface area (Å²) in [6.07, 6.45) is 1.18. The molecule has 1 aromatic carbocycles. The molecule has 7 nitrogen and oxygen atoms in total. The highest BCUT2D eigenvalue weighted by atomic mass is 32.2. The summed E-state index contributed by atoms with van der Waals surface area (Å²) >= 11 is 1.54. The van der Waals surface area contributed by atoms with Gasteiger partial charge in [0.2, 0.25) is 0 Å². The summed E-state index contributed by atoms with van der Waals surface area (Å²) in [4.78, 5) is 23.5. The summed E-state index contributed by atoms with van der Waals surface area (Å²) in [7, 11) is 0. The van der Waals surface area contributed by atoms with Crippen molar-refractivity contribution >= 4 is 23.8 Å². The zero-order valence-corrected chi connectivity index (χ0v) is 20.1. The molecule has 1 amide bonds. The normalized spacial score (nSPS) is 15.3. The fourth-order valence-electron chi connectivity index (χ4n) is 2.74. The largest absolute Gasteiger partial charge is 0.480 e. The van der Waals surface area contributed by atoms with Crippen molar-refractivity contribution < 1.29 is 28.9 Å². The van der Waals surface area contributed by atoms with E-state index in [1.807, 2.05) is 32.0 Å². The van der Waals surface area contributed by atoms with Crippen LogP contribution >= 0.6 is 11.8 Å². The van der Waals surface area contributed by atoms with Crippen LogP contribution in [-0.2, 0) is 25.4 Å². The van der Waals surface area contributed by atoms with Gasteiger partial charge in [0, 0.05) is 4.75 Å². The lowest BCUT2D eigenvalue weighted by Gasteiger charge is -2.32. The van der Waals surface area contributed by atoms with E-state index in [9.17, 15) is 14.7 Å². The van der Waals surface area contributed by atoms with Gasteiger partial charge in [-0.25, -0.2) is 9.59 Å². The molecule has 1 heterocycles. The number of hydrogen-bond donors (Lipinski definition) is 2. The van der Waals surface area contributed by atoms with E-state index in [0.29, 0.717) is 0 Å². The van der Waals surface area contributed by atoms with Gasteiger partial charge in [-0.3, -0.25) is 0 Å². The van der Waals surface area contributed by atoms with E-state index in [4.69, 9.17) is 14.2 Å². The van der Waals surface area contributed by atoms with Gasteiger partial charge in [0.05, 0.1) is 26.4 Å². The number of nitrogens with one attached hydrogen (secondary N) is 1. The Labute approximate surface area is 190 Å². The number of ether oxygens (including phenoxy) is 3. The predicted molar refractivity (Wildman–Crippen MR) is 124 cm³/mol. The molecule has 2 N–H and O–H groups in total. The molecular weight excluding hydrogens is 418 g/mol. The molecule has 0 bridgehead atoms. The quantitative estimate of drug-likeness (QED) is 0.569. The average molecular weight is 456 g/mol. The number of alkyl carbamates (subject to hydrolysis) is 1. The molecule has 31 heavy (non-hydrogen) atoms. The van der Waals surface area contributed by atoms with Gasteiger partial charge >= 0.3 is 12.1 Å². The number of hydrogen-bond acceptors (Lipinski definition) is 6. The van der Waals surface area contributed by atoms with Gasteiger partial charge in [-0.1, -0.05) is 30.3 Å². The van der Waals surface area contributed by atoms with E-state index < -0.39 is 28.5 Å². The molecule has 1 saturated heterocycles. The maximum Gasteiger partial charge on any atom is 0.408 e. The number of aliphatic carboxylic acids is 1. The molecule has 0 saturated carbocycles. The molecule has 1 fully saturated rings. The lowest BCUT2D eigenvalue weighted by atomic mass is 10.0. The molecule has 176 valence electrons. The number of carbonyl (C=O) groups is 2.